The van der Waals surface area contributed by atoms with E-state index in [2.05, 4.69) is 19.2 Å². The van der Waals surface area contributed by atoms with Gasteiger partial charge >= 0.3 is 6.18 Å². The fraction of sp³-hybridized carbons (Fsp3) is 1.00. The van der Waals surface area contributed by atoms with Crippen molar-refractivity contribution >= 4 is 0 Å². The Hall–Kier alpha value is -0.290. The zero-order chi connectivity index (χ0) is 14.3. The zero-order valence-corrected chi connectivity index (χ0v) is 12.1. The minimum Gasteiger partial charge on any atom is -0.311 e. The maximum Gasteiger partial charge on any atom is 0.401 e. The van der Waals surface area contributed by atoms with Gasteiger partial charge in [0.1, 0.15) is 0 Å². The lowest BCUT2D eigenvalue weighted by Gasteiger charge is -2.49. The normalized spacial score (nSPS) is 33.9. The van der Waals surface area contributed by atoms with Crippen molar-refractivity contribution in [3.05, 3.63) is 0 Å². The van der Waals surface area contributed by atoms with E-state index in [4.69, 9.17) is 0 Å². The molecule has 0 radical (unpaired) electrons. The predicted octanol–water partition coefficient (Wildman–Crippen LogP) is 3.04. The molecule has 2 atom stereocenters. The standard InChI is InChI=1S/C14H25F3N2/c1-10(2)6-12-7-19(9-14(15,16)17)13(3,8-18-12)11-4-5-11/h10-12,18H,4-9H2,1-3H3. The quantitative estimate of drug-likeness (QED) is 0.850. The number of piperazine rings is 1. The van der Waals surface area contributed by atoms with Gasteiger partial charge in [0.15, 0.2) is 0 Å². The Bertz CT molecular complexity index is 312. The number of nitrogens with zero attached hydrogens (tertiary/aromatic N) is 1. The second-order valence-electron chi connectivity index (χ2n) is 6.83. The molecule has 112 valence electrons. The highest BCUT2D eigenvalue weighted by Gasteiger charge is 2.50. The highest BCUT2D eigenvalue weighted by Crippen LogP contribution is 2.44. The SMILES string of the molecule is CC(C)CC1CN(CC(F)(F)F)C(C)(C2CC2)CN1. The van der Waals surface area contributed by atoms with E-state index >= 15 is 0 Å². The largest absolute Gasteiger partial charge is 0.401 e. The van der Waals surface area contributed by atoms with Crippen LogP contribution in [0.3, 0.4) is 0 Å². The molecule has 2 rings (SSSR count). The van der Waals surface area contributed by atoms with Gasteiger partial charge in [-0.15, -0.1) is 0 Å². The van der Waals surface area contributed by atoms with Crippen molar-refractivity contribution in [3.63, 3.8) is 0 Å². The summed E-state index contributed by atoms with van der Waals surface area (Å²) >= 11 is 0. The minimum atomic E-state index is -4.10. The second kappa shape index (κ2) is 5.24. The van der Waals surface area contributed by atoms with Gasteiger partial charge in [-0.3, -0.25) is 4.90 Å². The third kappa shape index (κ3) is 3.85. The molecule has 5 heteroatoms. The van der Waals surface area contributed by atoms with E-state index in [-0.39, 0.29) is 11.6 Å². The van der Waals surface area contributed by atoms with Crippen LogP contribution in [0.2, 0.25) is 0 Å². The Morgan fingerprint density at radius 1 is 1.32 bits per heavy atom. The summed E-state index contributed by atoms with van der Waals surface area (Å²) in [7, 11) is 0. The summed E-state index contributed by atoms with van der Waals surface area (Å²) in [5, 5.41) is 3.47. The molecule has 0 bridgehead atoms. The lowest BCUT2D eigenvalue weighted by Crippen LogP contribution is -2.66. The van der Waals surface area contributed by atoms with Crippen LogP contribution >= 0.6 is 0 Å². The van der Waals surface area contributed by atoms with E-state index in [0.29, 0.717) is 24.9 Å². The van der Waals surface area contributed by atoms with E-state index in [1.807, 2.05) is 6.92 Å². The second-order valence-corrected chi connectivity index (χ2v) is 6.83. The summed E-state index contributed by atoms with van der Waals surface area (Å²) in [6, 6.07) is 0.189. The Morgan fingerprint density at radius 2 is 1.95 bits per heavy atom. The molecule has 2 nitrogen and oxygen atoms in total. The zero-order valence-electron chi connectivity index (χ0n) is 12.1. The molecule has 1 N–H and O–H groups in total. The summed E-state index contributed by atoms with van der Waals surface area (Å²) in [6.45, 7) is 6.66. The number of halogens is 3. The van der Waals surface area contributed by atoms with Crippen LogP contribution < -0.4 is 5.32 Å². The summed E-state index contributed by atoms with van der Waals surface area (Å²) in [6.07, 6.45) is -1.02. The Labute approximate surface area is 113 Å². The molecule has 0 amide bonds. The first-order chi connectivity index (χ1) is 8.71. The van der Waals surface area contributed by atoms with Gasteiger partial charge in [-0.25, -0.2) is 0 Å². The van der Waals surface area contributed by atoms with Gasteiger partial charge in [0.25, 0.3) is 0 Å². The first-order valence-electron chi connectivity index (χ1n) is 7.26. The van der Waals surface area contributed by atoms with Crippen molar-refractivity contribution in [1.29, 1.82) is 0 Å². The van der Waals surface area contributed by atoms with Crippen LogP contribution in [0.5, 0.6) is 0 Å². The van der Waals surface area contributed by atoms with E-state index in [1.54, 1.807) is 4.90 Å². The van der Waals surface area contributed by atoms with Gasteiger partial charge in [0.2, 0.25) is 0 Å². The van der Waals surface area contributed by atoms with Crippen LogP contribution in [0, 0.1) is 11.8 Å². The third-order valence-corrected chi connectivity index (χ3v) is 4.49. The fourth-order valence-electron chi connectivity index (χ4n) is 3.30. The molecule has 2 fully saturated rings. The van der Waals surface area contributed by atoms with Crippen LogP contribution in [-0.2, 0) is 0 Å². The van der Waals surface area contributed by atoms with Crippen LogP contribution in [0.15, 0.2) is 0 Å². The van der Waals surface area contributed by atoms with Crippen LogP contribution in [0.25, 0.3) is 0 Å². The molecule has 1 aliphatic heterocycles. The smallest absolute Gasteiger partial charge is 0.311 e. The average molecular weight is 278 g/mol. The molecule has 0 aromatic heterocycles. The van der Waals surface area contributed by atoms with Crippen LogP contribution in [-0.4, -0.2) is 42.3 Å². The van der Waals surface area contributed by atoms with Crippen LogP contribution in [0.4, 0.5) is 13.2 Å². The highest BCUT2D eigenvalue weighted by molar-refractivity contribution is 5.05. The maximum absolute atomic E-state index is 12.8. The van der Waals surface area contributed by atoms with Crippen molar-refractivity contribution < 1.29 is 13.2 Å². The maximum atomic E-state index is 12.8. The molecular weight excluding hydrogens is 253 g/mol. The van der Waals surface area contributed by atoms with Gasteiger partial charge in [0, 0.05) is 24.7 Å². The number of hydrogen-bond donors (Lipinski definition) is 1. The molecule has 1 heterocycles. The summed E-state index contributed by atoms with van der Waals surface area (Å²) < 4.78 is 38.4. The Kier molecular flexibility index (Phi) is 4.17. The van der Waals surface area contributed by atoms with E-state index in [0.717, 1.165) is 19.3 Å². The number of nitrogens with one attached hydrogen (secondary N) is 1. The lowest BCUT2D eigenvalue weighted by molar-refractivity contribution is -0.165. The Morgan fingerprint density at radius 3 is 2.42 bits per heavy atom. The number of hydrogen-bond acceptors (Lipinski definition) is 2. The predicted molar refractivity (Wildman–Crippen MR) is 70.0 cm³/mol. The van der Waals surface area contributed by atoms with E-state index in [1.165, 1.54) is 0 Å². The fourth-order valence-corrected chi connectivity index (χ4v) is 3.30. The van der Waals surface area contributed by atoms with Gasteiger partial charge in [0.05, 0.1) is 6.54 Å². The number of rotatable bonds is 4. The monoisotopic (exact) mass is 278 g/mol. The summed E-state index contributed by atoms with van der Waals surface area (Å²) in [5.74, 6) is 0.942. The topological polar surface area (TPSA) is 15.3 Å². The Balaban J connectivity index is 2.05. The van der Waals surface area contributed by atoms with Gasteiger partial charge < -0.3 is 5.32 Å². The van der Waals surface area contributed by atoms with Crippen molar-refractivity contribution in [2.45, 2.75) is 57.8 Å². The van der Waals surface area contributed by atoms with Gasteiger partial charge in [-0.2, -0.15) is 13.2 Å². The van der Waals surface area contributed by atoms with Crippen molar-refractivity contribution in [3.8, 4) is 0 Å². The lowest BCUT2D eigenvalue weighted by atomic mass is 9.88. The van der Waals surface area contributed by atoms with Crippen LogP contribution in [0.1, 0.15) is 40.0 Å². The number of alkyl halides is 3. The molecule has 1 saturated carbocycles. The van der Waals surface area contributed by atoms with Crippen molar-refractivity contribution in [2.24, 2.45) is 11.8 Å². The molecule has 1 saturated heterocycles. The van der Waals surface area contributed by atoms with Crippen molar-refractivity contribution in [2.75, 3.05) is 19.6 Å². The summed E-state index contributed by atoms with van der Waals surface area (Å²) in [5.41, 5.74) is -0.316. The summed E-state index contributed by atoms with van der Waals surface area (Å²) in [4.78, 5) is 1.69. The third-order valence-electron chi connectivity index (χ3n) is 4.49. The molecule has 2 aliphatic rings. The van der Waals surface area contributed by atoms with E-state index in [9.17, 15) is 13.2 Å². The molecule has 2 unspecified atom stereocenters. The molecular formula is C14H25F3N2. The minimum absolute atomic E-state index is 0.189. The first-order valence-corrected chi connectivity index (χ1v) is 7.26. The molecule has 1 aliphatic carbocycles. The van der Waals surface area contributed by atoms with E-state index < -0.39 is 12.7 Å². The molecule has 0 aromatic carbocycles. The van der Waals surface area contributed by atoms with Gasteiger partial charge in [-0.05, 0) is 38.0 Å². The van der Waals surface area contributed by atoms with Crippen molar-refractivity contribution in [1.82, 2.24) is 10.2 Å². The highest BCUT2D eigenvalue weighted by atomic mass is 19.4. The van der Waals surface area contributed by atoms with Gasteiger partial charge in [-0.1, -0.05) is 13.8 Å². The average Bonchev–Trinajstić information content (AvgIpc) is 3.04. The molecule has 0 aromatic rings. The first kappa shape index (κ1) is 15.1. The molecule has 0 spiro atoms. The molecule has 19 heavy (non-hydrogen) atoms.